The van der Waals surface area contributed by atoms with Gasteiger partial charge in [-0.25, -0.2) is 0 Å². The summed E-state index contributed by atoms with van der Waals surface area (Å²) >= 11 is 0. The Labute approximate surface area is 120 Å². The molecule has 0 aliphatic rings. The lowest BCUT2D eigenvalue weighted by Gasteiger charge is -2.13. The maximum atomic E-state index is 11.7. The van der Waals surface area contributed by atoms with Gasteiger partial charge in [-0.2, -0.15) is 0 Å². The van der Waals surface area contributed by atoms with E-state index in [9.17, 15) is 9.90 Å². The Balaban J connectivity index is 0.00000324. The second-order valence-corrected chi connectivity index (χ2v) is 4.44. The number of amides is 1. The Kier molecular flexibility index (Phi) is 9.21. The number of nitrogens with one attached hydrogen (secondary N) is 1. The number of carbonyl (C=O) groups excluding carboxylic acids is 1. The molecule has 0 saturated heterocycles. The van der Waals surface area contributed by atoms with Gasteiger partial charge in [0, 0.05) is 6.54 Å². The molecule has 1 aromatic rings. The van der Waals surface area contributed by atoms with Crippen molar-refractivity contribution in [1.29, 1.82) is 0 Å². The largest absolute Gasteiger partial charge is 0.393 e. The summed E-state index contributed by atoms with van der Waals surface area (Å²) in [6.07, 6.45) is 1.45. The monoisotopic (exact) mass is 286 g/mol. The first-order chi connectivity index (χ1) is 8.63. The maximum absolute atomic E-state index is 11.7. The molecule has 0 aromatic heterocycles. The highest BCUT2D eigenvalue weighted by atomic mass is 35.5. The number of nitrogens with two attached hydrogens (primary N) is 1. The van der Waals surface area contributed by atoms with Gasteiger partial charge in [-0.3, -0.25) is 4.79 Å². The predicted molar refractivity (Wildman–Crippen MR) is 79.3 cm³/mol. The molecule has 0 spiro atoms. The molecule has 2 atom stereocenters. The van der Waals surface area contributed by atoms with Crippen molar-refractivity contribution in [2.75, 3.05) is 6.54 Å². The number of hydrogen-bond donors (Lipinski definition) is 3. The molecular weight excluding hydrogens is 264 g/mol. The van der Waals surface area contributed by atoms with Crippen LogP contribution in [0.5, 0.6) is 0 Å². The van der Waals surface area contributed by atoms with Crippen LogP contribution < -0.4 is 11.1 Å². The Morgan fingerprint density at radius 1 is 1.37 bits per heavy atom. The van der Waals surface area contributed by atoms with E-state index in [2.05, 4.69) is 5.32 Å². The number of rotatable bonds is 7. The third-order valence-electron chi connectivity index (χ3n) is 2.88. The van der Waals surface area contributed by atoms with Crippen molar-refractivity contribution in [1.82, 2.24) is 5.32 Å². The van der Waals surface area contributed by atoms with E-state index in [0.717, 1.165) is 5.56 Å². The Morgan fingerprint density at radius 3 is 2.58 bits per heavy atom. The van der Waals surface area contributed by atoms with E-state index in [0.29, 0.717) is 25.8 Å². The maximum Gasteiger partial charge on any atom is 0.237 e. The highest BCUT2D eigenvalue weighted by Gasteiger charge is 2.13. The first kappa shape index (κ1) is 17.9. The summed E-state index contributed by atoms with van der Waals surface area (Å²) in [4.78, 5) is 11.7. The lowest BCUT2D eigenvalue weighted by molar-refractivity contribution is -0.122. The van der Waals surface area contributed by atoms with Crippen LogP contribution in [0.25, 0.3) is 0 Å². The normalized spacial score (nSPS) is 13.2. The van der Waals surface area contributed by atoms with Gasteiger partial charge >= 0.3 is 0 Å². The van der Waals surface area contributed by atoms with Gasteiger partial charge in [0.15, 0.2) is 0 Å². The summed E-state index contributed by atoms with van der Waals surface area (Å²) in [6, 6.07) is 9.16. The fraction of sp³-hybridized carbons (Fsp3) is 0.500. The fourth-order valence-electron chi connectivity index (χ4n) is 1.66. The minimum atomic E-state index is -0.536. The SMILES string of the molecule is CCC(O)CCNC(=O)[C@@H](N)Cc1ccccc1.Cl. The molecule has 4 N–H and O–H groups in total. The molecule has 0 fully saturated rings. The van der Waals surface area contributed by atoms with Crippen molar-refractivity contribution in [3.8, 4) is 0 Å². The summed E-state index contributed by atoms with van der Waals surface area (Å²) in [5, 5.41) is 12.1. The van der Waals surface area contributed by atoms with Gasteiger partial charge in [-0.15, -0.1) is 12.4 Å². The van der Waals surface area contributed by atoms with Gasteiger partial charge in [0.05, 0.1) is 12.1 Å². The summed E-state index contributed by atoms with van der Waals surface area (Å²) in [5.41, 5.74) is 6.87. The standard InChI is InChI=1S/C14H22N2O2.ClH/c1-2-12(17)8-9-16-14(18)13(15)10-11-6-4-3-5-7-11;/h3-7,12-13,17H,2,8-10,15H2,1H3,(H,16,18);1H/t12?,13-;/m0./s1. The van der Waals surface area contributed by atoms with Crippen molar-refractivity contribution in [2.24, 2.45) is 5.73 Å². The highest BCUT2D eigenvalue weighted by molar-refractivity contribution is 5.85. The quantitative estimate of drug-likeness (QED) is 0.706. The molecule has 19 heavy (non-hydrogen) atoms. The van der Waals surface area contributed by atoms with Crippen LogP contribution in [0.4, 0.5) is 0 Å². The van der Waals surface area contributed by atoms with Gasteiger partial charge in [0.25, 0.3) is 0 Å². The number of halogens is 1. The van der Waals surface area contributed by atoms with Crippen molar-refractivity contribution >= 4 is 18.3 Å². The summed E-state index contributed by atoms with van der Waals surface area (Å²) in [7, 11) is 0. The molecule has 1 aromatic carbocycles. The number of aliphatic hydroxyl groups excluding tert-OH is 1. The summed E-state index contributed by atoms with van der Waals surface area (Å²) < 4.78 is 0. The van der Waals surface area contributed by atoms with Gasteiger partial charge in [0.2, 0.25) is 5.91 Å². The average molecular weight is 287 g/mol. The zero-order valence-electron chi connectivity index (χ0n) is 11.2. The second kappa shape index (κ2) is 9.78. The number of benzene rings is 1. The van der Waals surface area contributed by atoms with E-state index in [1.807, 2.05) is 37.3 Å². The molecule has 1 amide bonds. The molecule has 0 aliphatic heterocycles. The molecule has 0 radical (unpaired) electrons. The molecule has 1 rings (SSSR count). The predicted octanol–water partition coefficient (Wildman–Crippen LogP) is 1.26. The molecule has 0 heterocycles. The molecule has 0 saturated carbocycles. The minimum Gasteiger partial charge on any atom is -0.393 e. The molecule has 0 bridgehead atoms. The first-order valence-corrected chi connectivity index (χ1v) is 6.38. The smallest absolute Gasteiger partial charge is 0.237 e. The number of carbonyl (C=O) groups is 1. The molecule has 108 valence electrons. The Hall–Kier alpha value is -1.10. The van der Waals surface area contributed by atoms with Gasteiger partial charge in [0.1, 0.15) is 0 Å². The third kappa shape index (κ3) is 7.15. The fourth-order valence-corrected chi connectivity index (χ4v) is 1.66. The number of aliphatic hydroxyl groups is 1. The molecule has 1 unspecified atom stereocenters. The molecule has 4 nitrogen and oxygen atoms in total. The first-order valence-electron chi connectivity index (χ1n) is 6.38. The highest BCUT2D eigenvalue weighted by Crippen LogP contribution is 2.02. The minimum absolute atomic E-state index is 0. The van der Waals surface area contributed by atoms with Crippen molar-refractivity contribution in [3.05, 3.63) is 35.9 Å². The van der Waals surface area contributed by atoms with Crippen molar-refractivity contribution in [2.45, 2.75) is 38.3 Å². The van der Waals surface area contributed by atoms with E-state index in [1.165, 1.54) is 0 Å². The van der Waals surface area contributed by atoms with Crippen LogP contribution in [0.1, 0.15) is 25.3 Å². The Morgan fingerprint density at radius 2 is 2.00 bits per heavy atom. The third-order valence-corrected chi connectivity index (χ3v) is 2.88. The zero-order valence-corrected chi connectivity index (χ0v) is 12.0. The molecule has 5 heteroatoms. The van der Waals surface area contributed by atoms with Crippen LogP contribution in [-0.4, -0.2) is 29.7 Å². The van der Waals surface area contributed by atoms with E-state index in [-0.39, 0.29) is 24.4 Å². The van der Waals surface area contributed by atoms with Crippen molar-refractivity contribution < 1.29 is 9.90 Å². The van der Waals surface area contributed by atoms with Crippen LogP contribution in [0, 0.1) is 0 Å². The zero-order chi connectivity index (χ0) is 13.4. The summed E-state index contributed by atoms with van der Waals surface area (Å²) in [6.45, 7) is 2.38. The summed E-state index contributed by atoms with van der Waals surface area (Å²) in [5.74, 6) is -0.165. The second-order valence-electron chi connectivity index (χ2n) is 4.44. The van der Waals surface area contributed by atoms with E-state index in [1.54, 1.807) is 0 Å². The van der Waals surface area contributed by atoms with E-state index < -0.39 is 6.04 Å². The topological polar surface area (TPSA) is 75.3 Å². The van der Waals surface area contributed by atoms with Gasteiger partial charge < -0.3 is 16.2 Å². The van der Waals surface area contributed by atoms with Crippen molar-refractivity contribution in [3.63, 3.8) is 0 Å². The van der Waals surface area contributed by atoms with E-state index >= 15 is 0 Å². The van der Waals surface area contributed by atoms with Crippen LogP contribution >= 0.6 is 12.4 Å². The van der Waals surface area contributed by atoms with Crippen LogP contribution in [-0.2, 0) is 11.2 Å². The Bertz CT molecular complexity index is 360. The van der Waals surface area contributed by atoms with Crippen LogP contribution in [0.15, 0.2) is 30.3 Å². The van der Waals surface area contributed by atoms with Crippen LogP contribution in [0.3, 0.4) is 0 Å². The van der Waals surface area contributed by atoms with Gasteiger partial charge in [-0.1, -0.05) is 37.3 Å². The molecule has 0 aliphatic carbocycles. The average Bonchev–Trinajstić information content (AvgIpc) is 2.39. The van der Waals surface area contributed by atoms with Gasteiger partial charge in [-0.05, 0) is 24.8 Å². The molecular formula is C14H23ClN2O2. The number of hydrogen-bond acceptors (Lipinski definition) is 3. The van der Waals surface area contributed by atoms with E-state index in [4.69, 9.17) is 5.73 Å². The lowest BCUT2D eigenvalue weighted by atomic mass is 10.1. The lowest BCUT2D eigenvalue weighted by Crippen LogP contribution is -2.42. The van der Waals surface area contributed by atoms with Crippen LogP contribution in [0.2, 0.25) is 0 Å².